The Morgan fingerprint density at radius 2 is 2.35 bits per heavy atom. The summed E-state index contributed by atoms with van der Waals surface area (Å²) in [6.07, 6.45) is 4.91. The molecule has 0 bridgehead atoms. The number of rotatable bonds is 4. The van der Waals surface area contributed by atoms with E-state index in [0.29, 0.717) is 30.9 Å². The Balaban J connectivity index is 1.66. The monoisotopic (exact) mass is 359 g/mol. The highest BCUT2D eigenvalue weighted by Crippen LogP contribution is 2.45. The van der Waals surface area contributed by atoms with Crippen LogP contribution in [-0.2, 0) is 18.3 Å². The molecule has 2 aromatic rings. The number of nitrogens with one attached hydrogen (secondary N) is 1. The average Bonchev–Trinajstić information content (AvgIpc) is 3.21. The van der Waals surface area contributed by atoms with Crippen LogP contribution in [0.15, 0.2) is 24.4 Å². The van der Waals surface area contributed by atoms with Crippen LogP contribution >= 0.6 is 0 Å². The standard InChI is InChI=1S/C19H22FN3O3/c1-23-16(5-7-21-23)13-4-6-19(11-13,18(24)25)22-15-10-14(20)9-12-3-2-8-26-17(12)15/h5,7,9-10,13,22H,2-4,6,8,11H2,1H3,(H,24,25). The third-order valence-electron chi connectivity index (χ3n) is 5.54. The van der Waals surface area contributed by atoms with Gasteiger partial charge >= 0.3 is 5.97 Å². The van der Waals surface area contributed by atoms with Gasteiger partial charge in [-0.05, 0) is 49.8 Å². The normalized spacial score (nSPS) is 24.8. The van der Waals surface area contributed by atoms with Gasteiger partial charge in [-0.3, -0.25) is 4.68 Å². The minimum atomic E-state index is -1.14. The Hall–Kier alpha value is -2.57. The van der Waals surface area contributed by atoms with E-state index in [2.05, 4.69) is 10.4 Å². The van der Waals surface area contributed by atoms with E-state index in [9.17, 15) is 14.3 Å². The van der Waals surface area contributed by atoms with Crippen molar-refractivity contribution >= 4 is 11.7 Å². The zero-order valence-corrected chi connectivity index (χ0v) is 14.7. The van der Waals surface area contributed by atoms with E-state index in [-0.39, 0.29) is 11.7 Å². The molecule has 26 heavy (non-hydrogen) atoms. The van der Waals surface area contributed by atoms with Crippen LogP contribution in [0.3, 0.4) is 0 Å². The van der Waals surface area contributed by atoms with Gasteiger partial charge in [0.2, 0.25) is 0 Å². The fourth-order valence-electron chi connectivity index (χ4n) is 4.24. The summed E-state index contributed by atoms with van der Waals surface area (Å²) < 4.78 is 21.6. The maximum atomic E-state index is 14.1. The summed E-state index contributed by atoms with van der Waals surface area (Å²) in [5.41, 5.74) is 1.11. The largest absolute Gasteiger partial charge is 0.491 e. The second kappa shape index (κ2) is 6.30. The van der Waals surface area contributed by atoms with E-state index in [1.165, 1.54) is 12.1 Å². The summed E-state index contributed by atoms with van der Waals surface area (Å²) in [7, 11) is 1.86. The van der Waals surface area contributed by atoms with Gasteiger partial charge in [-0.25, -0.2) is 9.18 Å². The van der Waals surface area contributed by atoms with Gasteiger partial charge in [0.05, 0.1) is 12.3 Å². The SMILES string of the molecule is Cn1nccc1C1CCC(Nc2cc(F)cc3c2OCCC3)(C(=O)O)C1. The first-order chi connectivity index (χ1) is 12.5. The summed E-state index contributed by atoms with van der Waals surface area (Å²) in [6, 6.07) is 4.74. The number of carbonyl (C=O) groups is 1. The second-order valence-electron chi connectivity index (χ2n) is 7.23. The van der Waals surface area contributed by atoms with E-state index < -0.39 is 11.5 Å². The third kappa shape index (κ3) is 2.81. The molecule has 0 radical (unpaired) electrons. The zero-order valence-electron chi connectivity index (χ0n) is 14.7. The molecule has 2 heterocycles. The maximum absolute atomic E-state index is 14.1. The number of ether oxygens (including phenoxy) is 1. The molecule has 0 spiro atoms. The minimum Gasteiger partial charge on any atom is -0.491 e. The summed E-state index contributed by atoms with van der Waals surface area (Å²) in [4.78, 5) is 12.2. The van der Waals surface area contributed by atoms with Gasteiger partial charge < -0.3 is 15.2 Å². The van der Waals surface area contributed by atoms with E-state index >= 15 is 0 Å². The molecule has 1 aromatic heterocycles. The van der Waals surface area contributed by atoms with Crippen LogP contribution in [0.4, 0.5) is 10.1 Å². The Labute approximate surface area is 151 Å². The van der Waals surface area contributed by atoms with Crippen molar-refractivity contribution in [1.82, 2.24) is 9.78 Å². The highest BCUT2D eigenvalue weighted by Gasteiger charge is 2.47. The number of hydrogen-bond acceptors (Lipinski definition) is 4. The first-order valence-corrected chi connectivity index (χ1v) is 8.93. The number of aryl methyl sites for hydroxylation is 2. The number of benzene rings is 1. The molecule has 0 saturated heterocycles. The van der Waals surface area contributed by atoms with E-state index in [1.54, 1.807) is 10.9 Å². The lowest BCUT2D eigenvalue weighted by atomic mass is 9.93. The lowest BCUT2D eigenvalue weighted by molar-refractivity contribution is -0.142. The molecule has 1 aliphatic carbocycles. The highest BCUT2D eigenvalue weighted by atomic mass is 19.1. The molecule has 0 amide bonds. The molecule has 1 aromatic carbocycles. The Morgan fingerprint density at radius 3 is 3.08 bits per heavy atom. The van der Waals surface area contributed by atoms with Crippen molar-refractivity contribution in [2.24, 2.45) is 7.05 Å². The van der Waals surface area contributed by atoms with Crippen LogP contribution in [0.2, 0.25) is 0 Å². The van der Waals surface area contributed by atoms with Crippen LogP contribution in [-0.4, -0.2) is 33.0 Å². The lowest BCUT2D eigenvalue weighted by Gasteiger charge is -2.30. The summed E-state index contributed by atoms with van der Waals surface area (Å²) >= 11 is 0. The number of nitrogens with zero attached hydrogens (tertiary/aromatic N) is 2. The Kier molecular flexibility index (Phi) is 4.09. The molecule has 2 aliphatic rings. The number of carboxylic acids is 1. The maximum Gasteiger partial charge on any atom is 0.329 e. The molecule has 2 unspecified atom stereocenters. The molecule has 1 fully saturated rings. The second-order valence-corrected chi connectivity index (χ2v) is 7.23. The first-order valence-electron chi connectivity index (χ1n) is 8.93. The lowest BCUT2D eigenvalue weighted by Crippen LogP contribution is -2.44. The fraction of sp³-hybridized carbons (Fsp3) is 0.474. The number of anilines is 1. The predicted molar refractivity (Wildman–Crippen MR) is 94.0 cm³/mol. The quantitative estimate of drug-likeness (QED) is 0.877. The molecular formula is C19H22FN3O3. The van der Waals surface area contributed by atoms with Gasteiger partial charge in [0.15, 0.2) is 0 Å². The van der Waals surface area contributed by atoms with Crippen LogP contribution in [0.5, 0.6) is 5.75 Å². The number of carboxylic acid groups (broad SMARTS) is 1. The minimum absolute atomic E-state index is 0.0939. The molecule has 1 saturated carbocycles. The van der Waals surface area contributed by atoms with Crippen molar-refractivity contribution in [3.63, 3.8) is 0 Å². The number of fused-ring (bicyclic) bond motifs is 1. The predicted octanol–water partition coefficient (Wildman–Crippen LogP) is 3.09. The van der Waals surface area contributed by atoms with Crippen molar-refractivity contribution < 1.29 is 19.0 Å². The van der Waals surface area contributed by atoms with E-state index in [4.69, 9.17) is 4.74 Å². The smallest absolute Gasteiger partial charge is 0.329 e. The topological polar surface area (TPSA) is 76.4 Å². The van der Waals surface area contributed by atoms with Crippen molar-refractivity contribution in [3.8, 4) is 5.75 Å². The molecule has 138 valence electrons. The van der Waals surface area contributed by atoms with Gasteiger partial charge in [0, 0.05) is 30.9 Å². The number of aliphatic carboxylic acids is 1. The van der Waals surface area contributed by atoms with Gasteiger partial charge in [-0.15, -0.1) is 0 Å². The van der Waals surface area contributed by atoms with Gasteiger partial charge in [0.1, 0.15) is 17.1 Å². The van der Waals surface area contributed by atoms with Crippen LogP contribution < -0.4 is 10.1 Å². The van der Waals surface area contributed by atoms with Gasteiger partial charge in [0.25, 0.3) is 0 Å². The molecule has 7 heteroatoms. The number of aromatic nitrogens is 2. The van der Waals surface area contributed by atoms with Crippen LogP contribution in [0, 0.1) is 5.82 Å². The molecule has 6 nitrogen and oxygen atoms in total. The first kappa shape index (κ1) is 16.9. The average molecular weight is 359 g/mol. The van der Waals surface area contributed by atoms with Crippen molar-refractivity contribution in [2.45, 2.75) is 43.6 Å². The molecular weight excluding hydrogens is 337 g/mol. The number of halogens is 1. The van der Waals surface area contributed by atoms with Crippen molar-refractivity contribution in [3.05, 3.63) is 41.5 Å². The van der Waals surface area contributed by atoms with Crippen LogP contribution in [0.25, 0.3) is 0 Å². The van der Waals surface area contributed by atoms with Crippen LogP contribution in [0.1, 0.15) is 42.9 Å². The Bertz CT molecular complexity index is 851. The zero-order chi connectivity index (χ0) is 18.3. The van der Waals surface area contributed by atoms with Gasteiger partial charge in [-0.2, -0.15) is 5.10 Å². The van der Waals surface area contributed by atoms with E-state index in [1.807, 2.05) is 13.1 Å². The molecule has 2 N–H and O–H groups in total. The highest BCUT2D eigenvalue weighted by molar-refractivity contribution is 5.84. The molecule has 4 rings (SSSR count). The fourth-order valence-corrected chi connectivity index (χ4v) is 4.24. The third-order valence-corrected chi connectivity index (χ3v) is 5.54. The summed E-state index contributed by atoms with van der Waals surface area (Å²) in [5.74, 6) is -0.617. The Morgan fingerprint density at radius 1 is 1.50 bits per heavy atom. The van der Waals surface area contributed by atoms with Crippen molar-refractivity contribution in [1.29, 1.82) is 0 Å². The molecule has 2 atom stereocenters. The van der Waals surface area contributed by atoms with Gasteiger partial charge in [-0.1, -0.05) is 0 Å². The van der Waals surface area contributed by atoms with E-state index in [0.717, 1.165) is 30.5 Å². The molecule has 1 aliphatic heterocycles. The summed E-state index contributed by atoms with van der Waals surface area (Å²) in [6.45, 7) is 0.561. The summed E-state index contributed by atoms with van der Waals surface area (Å²) in [5, 5.41) is 17.3. The van der Waals surface area contributed by atoms with Crippen molar-refractivity contribution in [2.75, 3.05) is 11.9 Å². The number of hydrogen-bond donors (Lipinski definition) is 2.